The predicted molar refractivity (Wildman–Crippen MR) is 101 cm³/mol. The molecule has 0 spiro atoms. The minimum absolute atomic E-state index is 0.423. The Kier molecular flexibility index (Phi) is 4.30. The standard InChI is InChI=1S/C21H17N3O3/c22-21(26)24-17-7-3-1-5-15(17)13-19(16-6-2-4-8-18(16)24)27-20(25)14-9-11-23-12-10-14/h1-12,19H,13H2,(H2,22,26). The Labute approximate surface area is 156 Å². The minimum Gasteiger partial charge on any atom is -0.453 e. The van der Waals surface area contributed by atoms with Gasteiger partial charge in [0, 0.05) is 24.4 Å². The molecule has 2 heterocycles. The molecule has 1 aliphatic heterocycles. The number of benzene rings is 2. The SMILES string of the molecule is NC(=O)N1c2ccccc2CC(OC(=O)c2ccncc2)c2ccccc21. The lowest BCUT2D eigenvalue weighted by molar-refractivity contribution is 0.0300. The number of fused-ring (bicyclic) bond motifs is 2. The number of para-hydroxylation sites is 2. The number of nitrogens with zero attached hydrogens (tertiary/aromatic N) is 2. The van der Waals surface area contributed by atoms with Crippen molar-refractivity contribution in [3.05, 3.63) is 89.7 Å². The second-order valence-electron chi connectivity index (χ2n) is 6.20. The maximum absolute atomic E-state index is 12.6. The topological polar surface area (TPSA) is 85.5 Å². The van der Waals surface area contributed by atoms with Crippen LogP contribution in [0.3, 0.4) is 0 Å². The lowest BCUT2D eigenvalue weighted by atomic mass is 10.0. The molecule has 0 fully saturated rings. The minimum atomic E-state index is -0.587. The zero-order valence-electron chi connectivity index (χ0n) is 14.4. The average molecular weight is 359 g/mol. The number of aromatic nitrogens is 1. The quantitative estimate of drug-likeness (QED) is 0.706. The van der Waals surface area contributed by atoms with E-state index in [1.54, 1.807) is 30.6 Å². The molecular formula is C21H17N3O3. The fraction of sp³-hybridized carbons (Fsp3) is 0.0952. The number of nitrogens with two attached hydrogens (primary N) is 1. The Morgan fingerprint density at radius 3 is 2.37 bits per heavy atom. The third kappa shape index (κ3) is 3.13. The molecular weight excluding hydrogens is 342 g/mol. The van der Waals surface area contributed by atoms with Crippen LogP contribution in [-0.4, -0.2) is 17.0 Å². The molecule has 2 N–H and O–H groups in total. The number of ether oxygens (including phenoxy) is 1. The number of rotatable bonds is 2. The summed E-state index contributed by atoms with van der Waals surface area (Å²) in [7, 11) is 0. The zero-order valence-corrected chi connectivity index (χ0v) is 14.4. The summed E-state index contributed by atoms with van der Waals surface area (Å²) in [6, 6.07) is 17.4. The Hall–Kier alpha value is -3.67. The van der Waals surface area contributed by atoms with E-state index in [1.165, 1.54) is 4.90 Å². The third-order valence-corrected chi connectivity index (χ3v) is 4.55. The van der Waals surface area contributed by atoms with Crippen molar-refractivity contribution in [2.75, 3.05) is 4.90 Å². The molecule has 0 bridgehead atoms. The highest BCUT2D eigenvalue weighted by Gasteiger charge is 2.31. The lowest BCUT2D eigenvalue weighted by Crippen LogP contribution is -2.32. The van der Waals surface area contributed by atoms with Gasteiger partial charge in [-0.05, 0) is 29.8 Å². The van der Waals surface area contributed by atoms with Gasteiger partial charge in [-0.2, -0.15) is 0 Å². The molecule has 1 aliphatic rings. The molecule has 0 saturated heterocycles. The number of pyridine rings is 1. The largest absolute Gasteiger partial charge is 0.453 e. The van der Waals surface area contributed by atoms with Gasteiger partial charge in [-0.25, -0.2) is 9.59 Å². The molecule has 134 valence electrons. The normalized spacial score (nSPS) is 15.3. The first-order valence-corrected chi connectivity index (χ1v) is 8.52. The smallest absolute Gasteiger partial charge is 0.338 e. The van der Waals surface area contributed by atoms with Crippen LogP contribution >= 0.6 is 0 Å². The van der Waals surface area contributed by atoms with E-state index >= 15 is 0 Å². The number of hydrogen-bond acceptors (Lipinski definition) is 4. The van der Waals surface area contributed by atoms with Crippen molar-refractivity contribution in [3.8, 4) is 0 Å². The fourth-order valence-corrected chi connectivity index (χ4v) is 3.33. The molecule has 1 unspecified atom stereocenters. The van der Waals surface area contributed by atoms with Gasteiger partial charge >= 0.3 is 12.0 Å². The van der Waals surface area contributed by atoms with Gasteiger partial charge in [0.1, 0.15) is 6.10 Å². The maximum Gasteiger partial charge on any atom is 0.338 e. The van der Waals surface area contributed by atoms with E-state index in [4.69, 9.17) is 10.5 Å². The van der Waals surface area contributed by atoms with Crippen molar-refractivity contribution in [3.63, 3.8) is 0 Å². The van der Waals surface area contributed by atoms with Crippen LogP contribution in [0, 0.1) is 0 Å². The number of carbonyl (C=O) groups excluding carboxylic acids is 2. The van der Waals surface area contributed by atoms with Crippen LogP contribution in [0.15, 0.2) is 73.1 Å². The molecule has 6 nitrogen and oxygen atoms in total. The molecule has 0 aliphatic carbocycles. The fourth-order valence-electron chi connectivity index (χ4n) is 3.33. The van der Waals surface area contributed by atoms with E-state index in [1.807, 2.05) is 42.5 Å². The van der Waals surface area contributed by atoms with E-state index in [0.717, 1.165) is 11.1 Å². The monoisotopic (exact) mass is 359 g/mol. The third-order valence-electron chi connectivity index (χ3n) is 4.55. The number of primary amides is 1. The Morgan fingerprint density at radius 1 is 0.963 bits per heavy atom. The van der Waals surface area contributed by atoms with Crippen molar-refractivity contribution in [1.82, 2.24) is 4.98 Å². The van der Waals surface area contributed by atoms with Gasteiger partial charge in [0.2, 0.25) is 0 Å². The van der Waals surface area contributed by atoms with Gasteiger partial charge in [0.05, 0.1) is 16.9 Å². The molecule has 4 rings (SSSR count). The van der Waals surface area contributed by atoms with Crippen molar-refractivity contribution in [2.45, 2.75) is 12.5 Å². The first-order valence-electron chi connectivity index (χ1n) is 8.52. The molecule has 2 aromatic carbocycles. The summed E-state index contributed by atoms with van der Waals surface area (Å²) in [5.41, 5.74) is 9.01. The van der Waals surface area contributed by atoms with Crippen LogP contribution in [0.4, 0.5) is 16.2 Å². The number of esters is 1. The number of carbonyl (C=O) groups is 2. The molecule has 27 heavy (non-hydrogen) atoms. The number of amides is 2. The van der Waals surface area contributed by atoms with Gasteiger partial charge in [-0.3, -0.25) is 9.88 Å². The van der Waals surface area contributed by atoms with Crippen LogP contribution in [0.25, 0.3) is 0 Å². The second kappa shape index (κ2) is 6.92. The summed E-state index contributed by atoms with van der Waals surface area (Å²) in [5.74, 6) is -0.442. The van der Waals surface area contributed by atoms with Gasteiger partial charge in [0.15, 0.2) is 0 Å². The van der Waals surface area contributed by atoms with E-state index < -0.39 is 18.1 Å². The summed E-state index contributed by atoms with van der Waals surface area (Å²) >= 11 is 0. The summed E-state index contributed by atoms with van der Waals surface area (Å²) in [5, 5.41) is 0. The zero-order chi connectivity index (χ0) is 18.8. The number of urea groups is 1. The molecule has 2 amide bonds. The molecule has 0 radical (unpaired) electrons. The summed E-state index contributed by atoms with van der Waals surface area (Å²) < 4.78 is 5.82. The van der Waals surface area contributed by atoms with Crippen molar-refractivity contribution in [1.29, 1.82) is 0 Å². The van der Waals surface area contributed by atoms with Crippen LogP contribution in [0.5, 0.6) is 0 Å². The van der Waals surface area contributed by atoms with Gasteiger partial charge in [-0.15, -0.1) is 0 Å². The Morgan fingerprint density at radius 2 is 1.63 bits per heavy atom. The van der Waals surface area contributed by atoms with Crippen molar-refractivity contribution >= 4 is 23.4 Å². The number of anilines is 2. The first kappa shape index (κ1) is 16.8. The average Bonchev–Trinajstić information content (AvgIpc) is 2.83. The van der Waals surface area contributed by atoms with Gasteiger partial charge in [-0.1, -0.05) is 36.4 Å². The highest BCUT2D eigenvalue weighted by atomic mass is 16.5. The molecule has 1 aromatic heterocycles. The molecule has 0 saturated carbocycles. The summed E-state index contributed by atoms with van der Waals surface area (Å²) in [6.45, 7) is 0. The van der Waals surface area contributed by atoms with Crippen LogP contribution in [0.1, 0.15) is 27.6 Å². The molecule has 6 heteroatoms. The summed E-state index contributed by atoms with van der Waals surface area (Å²) in [6.07, 6.45) is 2.98. The molecule has 3 aromatic rings. The second-order valence-corrected chi connectivity index (χ2v) is 6.20. The van der Waals surface area contributed by atoms with Crippen LogP contribution < -0.4 is 10.6 Å². The van der Waals surface area contributed by atoms with Crippen molar-refractivity contribution < 1.29 is 14.3 Å². The maximum atomic E-state index is 12.6. The highest BCUT2D eigenvalue weighted by Crippen LogP contribution is 2.41. The van der Waals surface area contributed by atoms with Crippen LogP contribution in [0.2, 0.25) is 0 Å². The van der Waals surface area contributed by atoms with E-state index in [2.05, 4.69) is 4.98 Å². The number of hydrogen-bond donors (Lipinski definition) is 1. The van der Waals surface area contributed by atoms with Crippen LogP contribution in [-0.2, 0) is 11.2 Å². The van der Waals surface area contributed by atoms with E-state index in [-0.39, 0.29) is 0 Å². The van der Waals surface area contributed by atoms with Crippen molar-refractivity contribution in [2.24, 2.45) is 5.73 Å². The van der Waals surface area contributed by atoms with E-state index in [0.29, 0.717) is 23.4 Å². The first-order chi connectivity index (χ1) is 13.1. The lowest BCUT2D eigenvalue weighted by Gasteiger charge is -2.23. The van der Waals surface area contributed by atoms with E-state index in [9.17, 15) is 9.59 Å². The van der Waals surface area contributed by atoms with Gasteiger partial charge in [0.25, 0.3) is 0 Å². The Bertz CT molecular complexity index is 1000. The molecule has 1 atom stereocenters. The predicted octanol–water partition coefficient (Wildman–Crippen LogP) is 3.75. The van der Waals surface area contributed by atoms with Gasteiger partial charge < -0.3 is 10.5 Å². The Balaban J connectivity index is 1.80. The summed E-state index contributed by atoms with van der Waals surface area (Å²) in [4.78, 5) is 30.2. The highest BCUT2D eigenvalue weighted by molar-refractivity contribution is 6.00.